The summed E-state index contributed by atoms with van der Waals surface area (Å²) in [7, 11) is 0. The van der Waals surface area contributed by atoms with Crippen LogP contribution in [0.4, 0.5) is 0 Å². The average Bonchev–Trinajstić information content (AvgIpc) is 1.69. The third-order valence-electron chi connectivity index (χ3n) is 1.21. The monoisotopic (exact) mass is 101 g/mol. The number of nitrogens with one attached hydrogen (secondary N) is 3. The molecule has 0 bridgehead atoms. The van der Waals surface area contributed by atoms with Crippen LogP contribution in [-0.2, 0) is 0 Å². The molecule has 0 amide bonds. The van der Waals surface area contributed by atoms with E-state index in [9.17, 15) is 0 Å². The van der Waals surface area contributed by atoms with Gasteiger partial charge in [0.1, 0.15) is 0 Å². The first-order chi connectivity index (χ1) is 3.39. The van der Waals surface area contributed by atoms with Gasteiger partial charge in [0.05, 0.1) is 13.1 Å². The average molecular weight is 101 g/mol. The van der Waals surface area contributed by atoms with Crippen molar-refractivity contribution in [3.05, 3.63) is 5.84 Å². The van der Waals surface area contributed by atoms with E-state index in [1.54, 1.807) is 0 Å². The molecule has 1 aliphatic heterocycles. The Morgan fingerprint density at radius 2 is 1.86 bits per heavy atom. The van der Waals surface area contributed by atoms with E-state index in [1.165, 1.54) is 0 Å². The maximum atomic E-state index is 7.15. The molecule has 0 aromatic heterocycles. The predicted molar refractivity (Wildman–Crippen MR) is 27.9 cm³/mol. The highest BCUT2D eigenvalue weighted by molar-refractivity contribution is 4.48. The van der Waals surface area contributed by atoms with Gasteiger partial charge in [-0.3, -0.25) is 0 Å². The molecular weight excluding hydrogens is 90.1 g/mol. The van der Waals surface area contributed by atoms with E-state index in [4.69, 9.17) is 5.84 Å². The molecule has 3 N–H and O–H groups in total. The van der Waals surface area contributed by atoms with Crippen molar-refractivity contribution >= 4 is 0 Å². The summed E-state index contributed by atoms with van der Waals surface area (Å²) in [5.74, 6) is 7.15. The number of hydrogen-bond acceptors (Lipinski definition) is 1. The van der Waals surface area contributed by atoms with E-state index in [0.29, 0.717) is 0 Å². The minimum absolute atomic E-state index is 0.902. The lowest BCUT2D eigenvalue weighted by Gasteiger charge is -2.25. The Kier molecular flexibility index (Phi) is 1.62. The highest BCUT2D eigenvalue weighted by atomic mass is 15.4. The summed E-state index contributed by atoms with van der Waals surface area (Å²) in [6.07, 6.45) is 0. The van der Waals surface area contributed by atoms with Crippen LogP contribution in [0.1, 0.15) is 0 Å². The standard InChI is InChI=1S/C4H11N3/c5-7-3-1-6-2-4-7/h5-7H,1-4H2. The lowest BCUT2D eigenvalue weighted by Crippen LogP contribution is -3.08. The fourth-order valence-corrected chi connectivity index (χ4v) is 0.729. The van der Waals surface area contributed by atoms with E-state index in [0.717, 1.165) is 31.2 Å². The molecule has 0 aromatic rings. The molecule has 0 radical (unpaired) electrons. The Labute approximate surface area is 43.4 Å². The van der Waals surface area contributed by atoms with E-state index in [1.807, 2.05) is 0 Å². The van der Waals surface area contributed by atoms with Gasteiger partial charge >= 0.3 is 0 Å². The molecular formula is C4H11N3. The van der Waals surface area contributed by atoms with Gasteiger partial charge in [0, 0.05) is 13.1 Å². The lowest BCUT2D eigenvalue weighted by atomic mass is 10.4. The first-order valence-corrected chi connectivity index (χ1v) is 2.66. The summed E-state index contributed by atoms with van der Waals surface area (Å²) >= 11 is 0. The highest BCUT2D eigenvalue weighted by Crippen LogP contribution is 1.60. The molecule has 3 heteroatoms. The second-order valence-corrected chi connectivity index (χ2v) is 1.85. The molecule has 0 saturated carbocycles. The number of hydrogen-bond donors (Lipinski definition) is 2. The zero-order chi connectivity index (χ0) is 5.11. The van der Waals surface area contributed by atoms with Crippen LogP contribution in [0.5, 0.6) is 0 Å². The van der Waals surface area contributed by atoms with E-state index >= 15 is 0 Å². The Morgan fingerprint density at radius 3 is 2.14 bits per heavy atom. The smallest absolute Gasteiger partial charge is 0.0808 e. The van der Waals surface area contributed by atoms with Crippen molar-refractivity contribution in [1.82, 2.24) is 5.32 Å². The first kappa shape index (κ1) is 5.03. The summed E-state index contributed by atoms with van der Waals surface area (Å²) in [6, 6.07) is 0. The first-order valence-electron chi connectivity index (χ1n) is 2.66. The van der Waals surface area contributed by atoms with Crippen LogP contribution in [0.2, 0.25) is 0 Å². The largest absolute Gasteiger partial charge is 0.469 e. The minimum Gasteiger partial charge on any atom is -0.469 e. The molecule has 0 aliphatic carbocycles. The van der Waals surface area contributed by atoms with Crippen LogP contribution in [0.25, 0.3) is 5.84 Å². The summed E-state index contributed by atoms with van der Waals surface area (Å²) in [5.41, 5.74) is 0. The van der Waals surface area contributed by atoms with Gasteiger partial charge in [-0.15, -0.1) is 0 Å². The normalized spacial score (nSPS) is 25.3. The summed E-state index contributed by atoms with van der Waals surface area (Å²) in [5, 5.41) is 4.08. The van der Waals surface area contributed by atoms with Gasteiger partial charge in [0.25, 0.3) is 0 Å². The molecule has 1 heterocycles. The lowest BCUT2D eigenvalue weighted by molar-refractivity contribution is -0.850. The predicted octanol–water partition coefficient (Wildman–Crippen LogP) is -1.56. The molecule has 1 aliphatic rings. The topological polar surface area (TPSA) is 40.3 Å². The molecule has 7 heavy (non-hydrogen) atoms. The molecule has 0 unspecified atom stereocenters. The van der Waals surface area contributed by atoms with Crippen molar-refractivity contribution in [2.24, 2.45) is 0 Å². The Morgan fingerprint density at radius 1 is 1.29 bits per heavy atom. The Balaban J connectivity index is 2.12. The fourth-order valence-electron chi connectivity index (χ4n) is 0.729. The maximum Gasteiger partial charge on any atom is 0.0808 e. The molecule has 3 nitrogen and oxygen atoms in total. The molecule has 42 valence electrons. The minimum atomic E-state index is 0.902. The molecule has 0 atom stereocenters. The van der Waals surface area contributed by atoms with Crippen LogP contribution < -0.4 is 10.3 Å². The van der Waals surface area contributed by atoms with Gasteiger partial charge in [0.15, 0.2) is 0 Å². The third kappa shape index (κ3) is 1.43. The SMILES string of the molecule is [NH-][NH+]1CCNCC1. The fraction of sp³-hybridized carbons (Fsp3) is 1.00. The van der Waals surface area contributed by atoms with Crippen molar-refractivity contribution in [3.63, 3.8) is 0 Å². The quantitative estimate of drug-likeness (QED) is 0.381. The second kappa shape index (κ2) is 2.26. The van der Waals surface area contributed by atoms with Crippen LogP contribution in [-0.4, -0.2) is 26.2 Å². The highest BCUT2D eigenvalue weighted by Gasteiger charge is 2.00. The second-order valence-electron chi connectivity index (χ2n) is 1.85. The third-order valence-corrected chi connectivity index (χ3v) is 1.21. The summed E-state index contributed by atoms with van der Waals surface area (Å²) in [6.45, 7) is 3.94. The van der Waals surface area contributed by atoms with Gasteiger partial charge < -0.3 is 16.2 Å². The maximum absolute atomic E-state index is 7.15. The van der Waals surface area contributed by atoms with E-state index in [-0.39, 0.29) is 0 Å². The van der Waals surface area contributed by atoms with Crippen molar-refractivity contribution in [2.75, 3.05) is 26.2 Å². The number of piperazine rings is 1. The van der Waals surface area contributed by atoms with Crippen molar-refractivity contribution < 1.29 is 5.01 Å². The molecule has 0 spiro atoms. The van der Waals surface area contributed by atoms with Crippen molar-refractivity contribution in [1.29, 1.82) is 0 Å². The van der Waals surface area contributed by atoms with Gasteiger partial charge in [-0.25, -0.2) is 0 Å². The van der Waals surface area contributed by atoms with Crippen LogP contribution in [0.3, 0.4) is 0 Å². The zero-order valence-corrected chi connectivity index (χ0v) is 4.33. The zero-order valence-electron chi connectivity index (χ0n) is 4.33. The van der Waals surface area contributed by atoms with E-state index in [2.05, 4.69) is 5.32 Å². The molecule has 1 fully saturated rings. The van der Waals surface area contributed by atoms with Gasteiger partial charge in [0.2, 0.25) is 0 Å². The van der Waals surface area contributed by atoms with Crippen molar-refractivity contribution in [3.8, 4) is 0 Å². The van der Waals surface area contributed by atoms with Gasteiger partial charge in [-0.1, -0.05) is 0 Å². The van der Waals surface area contributed by atoms with Crippen LogP contribution in [0, 0.1) is 0 Å². The van der Waals surface area contributed by atoms with Crippen LogP contribution in [0.15, 0.2) is 0 Å². The number of rotatable bonds is 0. The number of quaternary nitrogens is 1. The van der Waals surface area contributed by atoms with E-state index < -0.39 is 0 Å². The molecule has 1 rings (SSSR count). The summed E-state index contributed by atoms with van der Waals surface area (Å²) < 4.78 is 0. The summed E-state index contributed by atoms with van der Waals surface area (Å²) in [4.78, 5) is 0. The van der Waals surface area contributed by atoms with Gasteiger partial charge in [-0.05, 0) is 0 Å². The Hall–Kier alpha value is -0.120. The molecule has 0 aromatic carbocycles. The van der Waals surface area contributed by atoms with Gasteiger partial charge in [-0.2, -0.15) is 0 Å². The Bertz CT molecular complexity index is 48.9. The molecule has 1 saturated heterocycles. The van der Waals surface area contributed by atoms with Crippen molar-refractivity contribution in [2.45, 2.75) is 0 Å². The van der Waals surface area contributed by atoms with Crippen LogP contribution >= 0.6 is 0 Å².